The number of rotatable bonds is 6. The van der Waals surface area contributed by atoms with Crippen LogP contribution in [0.4, 0.5) is 5.82 Å². The highest BCUT2D eigenvalue weighted by Gasteiger charge is 2.19. The van der Waals surface area contributed by atoms with Gasteiger partial charge in [0.1, 0.15) is 5.82 Å². The summed E-state index contributed by atoms with van der Waals surface area (Å²) in [6, 6.07) is 14.4. The van der Waals surface area contributed by atoms with Crippen molar-refractivity contribution in [1.29, 1.82) is 0 Å². The predicted octanol–water partition coefficient (Wildman–Crippen LogP) is 4.00. The fourth-order valence-corrected chi connectivity index (χ4v) is 3.74. The summed E-state index contributed by atoms with van der Waals surface area (Å²) < 4.78 is 5.47. The number of aromatic nitrogens is 3. The Morgan fingerprint density at radius 3 is 2.79 bits per heavy atom. The quantitative estimate of drug-likeness (QED) is 0.647. The Kier molecular flexibility index (Phi) is 5.67. The second-order valence-electron chi connectivity index (χ2n) is 7.74. The molecule has 1 saturated heterocycles. The Balaban J connectivity index is 1.39. The maximum Gasteiger partial charge on any atom is 0.241 e. The van der Waals surface area contributed by atoms with Gasteiger partial charge in [-0.2, -0.15) is 4.98 Å². The van der Waals surface area contributed by atoms with Gasteiger partial charge in [0.2, 0.25) is 11.7 Å². The van der Waals surface area contributed by atoms with Crippen LogP contribution in [0.15, 0.2) is 53.2 Å². The first-order valence-electron chi connectivity index (χ1n) is 9.94. The molecular weight excluding hydrogens is 350 g/mol. The van der Waals surface area contributed by atoms with E-state index in [4.69, 9.17) is 4.52 Å². The molecular formula is C22H27N5O. The lowest BCUT2D eigenvalue weighted by atomic mass is 10.0. The number of benzene rings is 1. The minimum absolute atomic E-state index is 0.602. The maximum atomic E-state index is 5.47. The number of likely N-dealkylation sites (tertiary alicyclic amines) is 1. The van der Waals surface area contributed by atoms with Crippen LogP contribution in [0.25, 0.3) is 11.4 Å². The van der Waals surface area contributed by atoms with Gasteiger partial charge < -0.3 is 9.42 Å². The highest BCUT2D eigenvalue weighted by Crippen LogP contribution is 2.21. The molecule has 2 aromatic heterocycles. The molecule has 1 unspecified atom stereocenters. The number of hydrogen-bond donors (Lipinski definition) is 0. The number of pyridine rings is 1. The monoisotopic (exact) mass is 377 g/mol. The molecule has 3 heterocycles. The summed E-state index contributed by atoms with van der Waals surface area (Å²) in [5, 5.41) is 4.15. The summed E-state index contributed by atoms with van der Waals surface area (Å²) in [6.07, 6.45) is 4.36. The molecule has 1 aromatic carbocycles. The van der Waals surface area contributed by atoms with Gasteiger partial charge in [0.15, 0.2) is 0 Å². The summed E-state index contributed by atoms with van der Waals surface area (Å²) in [7, 11) is 2.04. The van der Waals surface area contributed by atoms with Crippen LogP contribution in [0.2, 0.25) is 0 Å². The van der Waals surface area contributed by atoms with Gasteiger partial charge in [0.25, 0.3) is 0 Å². The van der Waals surface area contributed by atoms with E-state index >= 15 is 0 Å². The van der Waals surface area contributed by atoms with Crippen LogP contribution in [0.3, 0.4) is 0 Å². The van der Waals surface area contributed by atoms with E-state index in [2.05, 4.69) is 56.1 Å². The summed E-state index contributed by atoms with van der Waals surface area (Å²) in [6.45, 7) is 6.04. The number of hydrogen-bond acceptors (Lipinski definition) is 6. The molecule has 6 heteroatoms. The van der Waals surface area contributed by atoms with E-state index in [0.29, 0.717) is 11.7 Å². The van der Waals surface area contributed by atoms with Crippen molar-refractivity contribution in [1.82, 2.24) is 20.0 Å². The van der Waals surface area contributed by atoms with E-state index in [1.807, 2.05) is 31.4 Å². The zero-order valence-corrected chi connectivity index (χ0v) is 16.6. The van der Waals surface area contributed by atoms with E-state index in [9.17, 15) is 0 Å². The largest absolute Gasteiger partial charge is 0.355 e. The van der Waals surface area contributed by atoms with E-state index in [1.165, 1.54) is 18.4 Å². The zero-order chi connectivity index (χ0) is 19.3. The van der Waals surface area contributed by atoms with Crippen LogP contribution < -0.4 is 4.90 Å². The molecule has 1 fully saturated rings. The fourth-order valence-electron chi connectivity index (χ4n) is 3.74. The molecule has 0 N–H and O–H groups in total. The molecule has 4 rings (SSSR count). The van der Waals surface area contributed by atoms with Crippen LogP contribution in [-0.4, -0.2) is 40.2 Å². The standard InChI is InChI=1S/C22H27N5O/c1-17-7-6-12-27(14-17)16-21-24-22(25-28-21)19-10-11-20(23-13-19)26(2)15-18-8-4-3-5-9-18/h3-5,8-11,13,17H,6-7,12,14-16H2,1-2H3. The van der Waals surface area contributed by atoms with Crippen molar-refractivity contribution >= 4 is 5.82 Å². The SMILES string of the molecule is CC1CCCN(Cc2nc(-c3ccc(N(C)Cc4ccccc4)nc3)no2)C1. The third-order valence-electron chi connectivity index (χ3n) is 5.23. The van der Waals surface area contributed by atoms with Crippen molar-refractivity contribution in [3.05, 3.63) is 60.1 Å². The summed E-state index contributed by atoms with van der Waals surface area (Å²) in [4.78, 5) is 13.7. The topological polar surface area (TPSA) is 58.3 Å². The minimum Gasteiger partial charge on any atom is -0.355 e. The van der Waals surface area contributed by atoms with Crippen LogP contribution in [0.1, 0.15) is 31.2 Å². The molecule has 0 bridgehead atoms. The van der Waals surface area contributed by atoms with Gasteiger partial charge in [-0.1, -0.05) is 42.4 Å². The first kappa shape index (κ1) is 18.6. The fraction of sp³-hybridized carbons (Fsp3) is 0.409. The molecule has 0 saturated carbocycles. The lowest BCUT2D eigenvalue weighted by Crippen LogP contribution is -2.33. The first-order chi connectivity index (χ1) is 13.7. The molecule has 0 amide bonds. The van der Waals surface area contributed by atoms with E-state index in [-0.39, 0.29) is 0 Å². The Bertz CT molecular complexity index is 877. The van der Waals surface area contributed by atoms with Gasteiger partial charge in [-0.3, -0.25) is 4.90 Å². The molecule has 3 aromatic rings. The highest BCUT2D eigenvalue weighted by atomic mass is 16.5. The highest BCUT2D eigenvalue weighted by molar-refractivity contribution is 5.55. The van der Waals surface area contributed by atoms with Crippen LogP contribution >= 0.6 is 0 Å². The minimum atomic E-state index is 0.602. The Morgan fingerprint density at radius 2 is 2.04 bits per heavy atom. The van der Waals surface area contributed by atoms with Gasteiger partial charge in [-0.05, 0) is 43.0 Å². The molecule has 28 heavy (non-hydrogen) atoms. The molecule has 0 spiro atoms. The maximum absolute atomic E-state index is 5.47. The van der Waals surface area contributed by atoms with Crippen LogP contribution in [0.5, 0.6) is 0 Å². The van der Waals surface area contributed by atoms with Crippen LogP contribution in [0, 0.1) is 5.92 Å². The lowest BCUT2D eigenvalue weighted by molar-refractivity contribution is 0.157. The Hall–Kier alpha value is -2.73. The van der Waals surface area contributed by atoms with Gasteiger partial charge >= 0.3 is 0 Å². The summed E-state index contributed by atoms with van der Waals surface area (Å²) >= 11 is 0. The second kappa shape index (κ2) is 8.52. The third kappa shape index (κ3) is 4.57. The smallest absolute Gasteiger partial charge is 0.241 e. The van der Waals surface area contributed by atoms with Gasteiger partial charge in [0.05, 0.1) is 6.54 Å². The third-order valence-corrected chi connectivity index (χ3v) is 5.23. The molecule has 0 radical (unpaired) electrons. The van der Waals surface area contributed by atoms with E-state index in [1.54, 1.807) is 0 Å². The number of anilines is 1. The summed E-state index contributed by atoms with van der Waals surface area (Å²) in [5.74, 6) is 2.93. The zero-order valence-electron chi connectivity index (χ0n) is 16.6. The van der Waals surface area contributed by atoms with Gasteiger partial charge in [-0.25, -0.2) is 4.98 Å². The van der Waals surface area contributed by atoms with Gasteiger partial charge in [-0.15, -0.1) is 0 Å². The normalized spacial score (nSPS) is 17.6. The second-order valence-corrected chi connectivity index (χ2v) is 7.74. The van der Waals surface area contributed by atoms with E-state index in [0.717, 1.165) is 43.5 Å². The van der Waals surface area contributed by atoms with Crippen molar-refractivity contribution < 1.29 is 4.52 Å². The average molecular weight is 377 g/mol. The predicted molar refractivity (Wildman–Crippen MR) is 110 cm³/mol. The molecule has 0 aliphatic carbocycles. The van der Waals surface area contributed by atoms with Crippen molar-refractivity contribution in [2.75, 3.05) is 25.0 Å². The summed E-state index contributed by atoms with van der Waals surface area (Å²) in [5.41, 5.74) is 2.13. The molecule has 146 valence electrons. The first-order valence-corrected chi connectivity index (χ1v) is 9.94. The number of piperidine rings is 1. The molecule has 1 aliphatic rings. The van der Waals surface area contributed by atoms with Crippen molar-refractivity contribution in [2.45, 2.75) is 32.9 Å². The van der Waals surface area contributed by atoms with E-state index < -0.39 is 0 Å². The molecule has 6 nitrogen and oxygen atoms in total. The van der Waals surface area contributed by atoms with Crippen molar-refractivity contribution in [2.24, 2.45) is 5.92 Å². The number of nitrogens with zero attached hydrogens (tertiary/aromatic N) is 5. The Morgan fingerprint density at radius 1 is 1.18 bits per heavy atom. The average Bonchev–Trinajstić information content (AvgIpc) is 3.17. The lowest BCUT2D eigenvalue weighted by Gasteiger charge is -2.29. The van der Waals surface area contributed by atoms with Crippen molar-refractivity contribution in [3.8, 4) is 11.4 Å². The van der Waals surface area contributed by atoms with Crippen molar-refractivity contribution in [3.63, 3.8) is 0 Å². The molecule has 1 atom stereocenters. The van der Waals surface area contributed by atoms with Gasteiger partial charge in [0, 0.05) is 31.9 Å². The Labute approximate surface area is 166 Å². The van der Waals surface area contributed by atoms with Crippen LogP contribution in [-0.2, 0) is 13.1 Å². The molecule has 1 aliphatic heterocycles.